The van der Waals surface area contributed by atoms with Crippen LogP contribution in [0.3, 0.4) is 0 Å². The molecule has 28 heavy (non-hydrogen) atoms. The summed E-state index contributed by atoms with van der Waals surface area (Å²) in [4.78, 5) is 27.1. The molecule has 1 saturated heterocycles. The molecule has 2 aliphatic rings. The molecule has 0 unspecified atom stereocenters. The number of hydrogen-bond donors (Lipinski definition) is 1. The number of ether oxygens (including phenoxy) is 2. The van der Waals surface area contributed by atoms with Crippen molar-refractivity contribution >= 4 is 11.9 Å². The smallest absolute Gasteiger partial charge is 0.317 e. The third kappa shape index (κ3) is 3.28. The fourth-order valence-corrected chi connectivity index (χ4v) is 4.80. The number of benzene rings is 1. The van der Waals surface area contributed by atoms with Crippen molar-refractivity contribution in [3.63, 3.8) is 0 Å². The summed E-state index contributed by atoms with van der Waals surface area (Å²) in [7, 11) is 3.22. The summed E-state index contributed by atoms with van der Waals surface area (Å²) in [6, 6.07) is 7.68. The molecule has 0 radical (unpaired) electrons. The van der Waals surface area contributed by atoms with Gasteiger partial charge in [-0.1, -0.05) is 12.1 Å². The zero-order valence-corrected chi connectivity index (χ0v) is 17.4. The number of carbonyl (C=O) groups is 2. The van der Waals surface area contributed by atoms with Gasteiger partial charge in [-0.15, -0.1) is 0 Å². The first-order valence-electron chi connectivity index (χ1n) is 9.89. The van der Waals surface area contributed by atoms with Crippen LogP contribution >= 0.6 is 0 Å². The minimum Gasteiger partial charge on any atom is -0.497 e. The van der Waals surface area contributed by atoms with Crippen LogP contribution in [0.4, 0.5) is 0 Å². The number of piperidine rings is 1. The predicted molar refractivity (Wildman–Crippen MR) is 105 cm³/mol. The first kappa shape index (κ1) is 20.6. The topological polar surface area (TPSA) is 76.1 Å². The van der Waals surface area contributed by atoms with Crippen molar-refractivity contribution in [2.45, 2.75) is 64.2 Å². The monoisotopic (exact) mass is 389 g/mol. The van der Waals surface area contributed by atoms with Gasteiger partial charge in [0.1, 0.15) is 16.8 Å². The number of fused-ring (bicyclic) bond motifs is 1. The van der Waals surface area contributed by atoms with E-state index in [0.717, 1.165) is 11.3 Å². The van der Waals surface area contributed by atoms with E-state index in [4.69, 9.17) is 9.47 Å². The lowest BCUT2D eigenvalue weighted by Gasteiger charge is -2.52. The average molecular weight is 389 g/mol. The second kappa shape index (κ2) is 7.07. The first-order valence-corrected chi connectivity index (χ1v) is 9.89. The fraction of sp³-hybridized carbons (Fsp3) is 0.636. The Labute approximate surface area is 166 Å². The molecule has 1 amide bonds. The van der Waals surface area contributed by atoms with E-state index in [-0.39, 0.29) is 18.2 Å². The quantitative estimate of drug-likeness (QED) is 0.802. The molecular formula is C22H31NO5. The molecule has 0 spiro atoms. The highest BCUT2D eigenvalue weighted by molar-refractivity contribution is 5.86. The van der Waals surface area contributed by atoms with Gasteiger partial charge in [0.25, 0.3) is 0 Å². The van der Waals surface area contributed by atoms with E-state index in [9.17, 15) is 14.7 Å². The summed E-state index contributed by atoms with van der Waals surface area (Å²) >= 11 is 0. The van der Waals surface area contributed by atoms with Gasteiger partial charge in [-0.05, 0) is 64.2 Å². The second-order valence-corrected chi connectivity index (χ2v) is 9.05. The summed E-state index contributed by atoms with van der Waals surface area (Å²) in [5.74, 6) is -0.0213. The van der Waals surface area contributed by atoms with E-state index in [1.807, 2.05) is 45.0 Å². The standard InChI is InChI=1S/C22H31NO5/c1-20(2,3)28-19(25)21-12-10-16(14-15-6-8-17(27-5)9-7-15)22(21,26)23(4)18(24)11-13-21/h6-9,16,26H,10-14H2,1-5H3/t16-,21+,22-/m0/s1. The fourth-order valence-electron chi connectivity index (χ4n) is 4.80. The molecule has 3 atom stereocenters. The Bertz CT molecular complexity index is 753. The van der Waals surface area contributed by atoms with Gasteiger partial charge in [0, 0.05) is 19.4 Å². The summed E-state index contributed by atoms with van der Waals surface area (Å²) in [5.41, 5.74) is -2.25. The molecule has 0 aromatic heterocycles. The van der Waals surface area contributed by atoms with E-state index in [1.165, 1.54) is 4.90 Å². The summed E-state index contributed by atoms with van der Waals surface area (Å²) in [6.07, 6.45) is 2.30. The van der Waals surface area contributed by atoms with Crippen LogP contribution in [0.5, 0.6) is 5.75 Å². The van der Waals surface area contributed by atoms with Gasteiger partial charge in [-0.3, -0.25) is 9.59 Å². The minimum atomic E-state index is -1.55. The maximum atomic E-state index is 13.2. The van der Waals surface area contributed by atoms with Crippen LogP contribution in [0.25, 0.3) is 0 Å². The van der Waals surface area contributed by atoms with Gasteiger partial charge >= 0.3 is 5.97 Å². The number of hydrogen-bond acceptors (Lipinski definition) is 5. The molecular weight excluding hydrogens is 358 g/mol. The van der Waals surface area contributed by atoms with Gasteiger partial charge in [0.2, 0.25) is 5.91 Å². The molecule has 6 nitrogen and oxygen atoms in total. The summed E-state index contributed by atoms with van der Waals surface area (Å²) in [5, 5.41) is 11.9. The van der Waals surface area contributed by atoms with E-state index in [1.54, 1.807) is 14.2 Å². The highest BCUT2D eigenvalue weighted by Crippen LogP contribution is 2.58. The Kier molecular flexibility index (Phi) is 5.21. The zero-order chi connectivity index (χ0) is 20.7. The number of esters is 1. The van der Waals surface area contributed by atoms with Gasteiger partial charge in [-0.25, -0.2) is 0 Å². The molecule has 1 aliphatic carbocycles. The van der Waals surface area contributed by atoms with Crippen molar-refractivity contribution in [2.24, 2.45) is 11.3 Å². The summed E-state index contributed by atoms with van der Waals surface area (Å²) < 4.78 is 10.9. The molecule has 2 fully saturated rings. The molecule has 6 heteroatoms. The van der Waals surface area contributed by atoms with Gasteiger partial charge < -0.3 is 19.5 Å². The first-order chi connectivity index (χ1) is 13.0. The number of rotatable bonds is 4. The van der Waals surface area contributed by atoms with Crippen LogP contribution in [0.1, 0.15) is 52.0 Å². The number of carbonyl (C=O) groups excluding carboxylic acids is 2. The number of amides is 1. The molecule has 1 aromatic rings. The van der Waals surface area contributed by atoms with Crippen LogP contribution < -0.4 is 4.74 Å². The van der Waals surface area contributed by atoms with Crippen LogP contribution in [0.2, 0.25) is 0 Å². The van der Waals surface area contributed by atoms with Gasteiger partial charge in [0.15, 0.2) is 5.72 Å². The lowest BCUT2D eigenvalue weighted by atomic mass is 9.69. The number of methoxy groups -OCH3 is 1. The number of likely N-dealkylation sites (tertiary alicyclic amines) is 1. The van der Waals surface area contributed by atoms with E-state index in [2.05, 4.69) is 0 Å². The van der Waals surface area contributed by atoms with Crippen molar-refractivity contribution in [3.05, 3.63) is 29.8 Å². The van der Waals surface area contributed by atoms with Crippen LogP contribution in [0.15, 0.2) is 24.3 Å². The van der Waals surface area contributed by atoms with Crippen LogP contribution in [0, 0.1) is 11.3 Å². The van der Waals surface area contributed by atoms with Crippen LogP contribution in [-0.4, -0.2) is 47.4 Å². The molecule has 1 aromatic carbocycles. The van der Waals surface area contributed by atoms with Gasteiger partial charge in [0.05, 0.1) is 7.11 Å². The van der Waals surface area contributed by atoms with E-state index in [0.29, 0.717) is 25.7 Å². The van der Waals surface area contributed by atoms with Gasteiger partial charge in [-0.2, -0.15) is 0 Å². The number of aliphatic hydroxyl groups is 1. The Morgan fingerprint density at radius 1 is 1.25 bits per heavy atom. The van der Waals surface area contributed by atoms with Crippen LogP contribution in [-0.2, 0) is 20.7 Å². The highest BCUT2D eigenvalue weighted by atomic mass is 16.6. The lowest BCUT2D eigenvalue weighted by molar-refractivity contribution is -0.231. The van der Waals surface area contributed by atoms with E-state index < -0.39 is 22.7 Å². The SMILES string of the molecule is COc1ccc(C[C@@H]2CC[C@]3(C(=O)OC(C)(C)C)CCC(=O)N(C)[C@]23O)cc1. The summed E-state index contributed by atoms with van der Waals surface area (Å²) in [6.45, 7) is 5.46. The molecule has 0 bridgehead atoms. The Balaban J connectivity index is 1.94. The zero-order valence-electron chi connectivity index (χ0n) is 17.4. The maximum absolute atomic E-state index is 13.2. The molecule has 154 valence electrons. The largest absolute Gasteiger partial charge is 0.497 e. The lowest BCUT2D eigenvalue weighted by Crippen LogP contribution is -2.67. The molecule has 1 saturated carbocycles. The Hall–Kier alpha value is -2.08. The van der Waals surface area contributed by atoms with Crippen molar-refractivity contribution in [3.8, 4) is 5.75 Å². The third-order valence-electron chi connectivity index (χ3n) is 6.28. The van der Waals surface area contributed by atoms with Crippen molar-refractivity contribution < 1.29 is 24.2 Å². The maximum Gasteiger partial charge on any atom is 0.317 e. The Morgan fingerprint density at radius 2 is 1.89 bits per heavy atom. The average Bonchev–Trinajstić information content (AvgIpc) is 2.93. The normalized spacial score (nSPS) is 30.1. The van der Waals surface area contributed by atoms with Crippen molar-refractivity contribution in [1.29, 1.82) is 0 Å². The van der Waals surface area contributed by atoms with Crippen molar-refractivity contribution in [1.82, 2.24) is 4.90 Å². The molecule has 3 rings (SSSR count). The van der Waals surface area contributed by atoms with Crippen molar-refractivity contribution in [2.75, 3.05) is 14.2 Å². The molecule has 1 aliphatic heterocycles. The predicted octanol–water partition coefficient (Wildman–Crippen LogP) is 2.92. The Morgan fingerprint density at radius 3 is 2.46 bits per heavy atom. The van der Waals surface area contributed by atoms with E-state index >= 15 is 0 Å². The highest BCUT2D eigenvalue weighted by Gasteiger charge is 2.69. The molecule has 1 heterocycles. The third-order valence-corrected chi connectivity index (χ3v) is 6.28. The second-order valence-electron chi connectivity index (χ2n) is 9.05. The molecule has 1 N–H and O–H groups in total. The number of nitrogens with zero attached hydrogens (tertiary/aromatic N) is 1. The minimum absolute atomic E-state index is 0.136.